The van der Waals surface area contributed by atoms with Crippen LogP contribution >= 0.6 is 0 Å². The van der Waals surface area contributed by atoms with Crippen LogP contribution in [0.25, 0.3) is 0 Å². The lowest BCUT2D eigenvalue weighted by Crippen LogP contribution is -2.30. The van der Waals surface area contributed by atoms with Crippen molar-refractivity contribution >= 4 is 5.78 Å². The van der Waals surface area contributed by atoms with E-state index in [-0.39, 0.29) is 5.78 Å². The van der Waals surface area contributed by atoms with Gasteiger partial charge >= 0.3 is 0 Å². The second kappa shape index (κ2) is 5.60. The Balaban J connectivity index is 2.47. The van der Waals surface area contributed by atoms with Crippen LogP contribution in [0.4, 0.5) is 0 Å². The van der Waals surface area contributed by atoms with Crippen LogP contribution in [0.5, 0.6) is 0 Å². The minimum absolute atomic E-state index is 0.0605. The molecule has 1 rings (SSSR count). The number of ketones is 1. The fourth-order valence-corrected chi connectivity index (χ4v) is 1.38. The Morgan fingerprint density at radius 2 is 2.29 bits per heavy atom. The normalized spacial score (nSPS) is 10.8. The molecule has 0 aliphatic carbocycles. The molecule has 0 atom stereocenters. The number of carbonyl (C=O) groups is 1. The Bertz CT molecular complexity index is 267. The number of furan rings is 1. The molecule has 0 saturated carbocycles. The van der Waals surface area contributed by atoms with Crippen LogP contribution in [0, 0.1) is 0 Å². The van der Waals surface area contributed by atoms with Crippen LogP contribution in [0.15, 0.2) is 22.8 Å². The van der Waals surface area contributed by atoms with Gasteiger partial charge in [-0.05, 0) is 31.6 Å². The Morgan fingerprint density at radius 3 is 2.79 bits per heavy atom. The smallest absolute Gasteiger partial charge is 0.211 e. The molecule has 0 saturated heterocycles. The van der Waals surface area contributed by atoms with Gasteiger partial charge in [0.05, 0.1) is 12.8 Å². The van der Waals surface area contributed by atoms with Crippen molar-refractivity contribution in [2.45, 2.75) is 20.3 Å². The van der Waals surface area contributed by atoms with E-state index in [1.807, 2.05) is 0 Å². The molecule has 3 nitrogen and oxygen atoms in total. The molecule has 1 aromatic heterocycles. The summed E-state index contributed by atoms with van der Waals surface area (Å²) < 4.78 is 5.04. The average Bonchev–Trinajstić information content (AvgIpc) is 2.69. The lowest BCUT2D eigenvalue weighted by molar-refractivity contribution is 0.0906. The van der Waals surface area contributed by atoms with Gasteiger partial charge < -0.3 is 4.42 Å². The minimum Gasteiger partial charge on any atom is -0.461 e. The molecule has 1 heterocycles. The highest BCUT2D eigenvalue weighted by Gasteiger charge is 2.12. The van der Waals surface area contributed by atoms with E-state index >= 15 is 0 Å². The zero-order valence-electron chi connectivity index (χ0n) is 8.82. The summed E-state index contributed by atoms with van der Waals surface area (Å²) in [6.07, 6.45) is 2.60. The number of hydrogen-bond acceptors (Lipinski definition) is 3. The molecule has 3 heteroatoms. The Labute approximate surface area is 84.7 Å². The summed E-state index contributed by atoms with van der Waals surface area (Å²) in [5.41, 5.74) is 0. The van der Waals surface area contributed by atoms with Crippen molar-refractivity contribution < 1.29 is 9.21 Å². The predicted octanol–water partition coefficient (Wildman–Crippen LogP) is 2.19. The zero-order valence-corrected chi connectivity index (χ0v) is 8.82. The van der Waals surface area contributed by atoms with Gasteiger partial charge in [0.1, 0.15) is 0 Å². The molecule has 0 N–H and O–H groups in total. The first-order valence-corrected chi connectivity index (χ1v) is 5.07. The Kier molecular flexibility index (Phi) is 4.40. The van der Waals surface area contributed by atoms with E-state index in [2.05, 4.69) is 18.7 Å². The monoisotopic (exact) mass is 195 g/mol. The lowest BCUT2D eigenvalue weighted by atomic mass is 10.2. The number of Topliss-reactive ketones (excluding diaryl/α,β-unsaturated/α-hetero) is 1. The maximum atomic E-state index is 11.6. The average molecular weight is 195 g/mol. The van der Waals surface area contributed by atoms with Gasteiger partial charge in [-0.1, -0.05) is 13.8 Å². The summed E-state index contributed by atoms with van der Waals surface area (Å²) in [5.74, 6) is 0.518. The zero-order chi connectivity index (χ0) is 10.4. The van der Waals surface area contributed by atoms with Gasteiger partial charge in [-0.15, -0.1) is 0 Å². The van der Waals surface area contributed by atoms with Gasteiger partial charge in [0.15, 0.2) is 5.76 Å². The second-order valence-corrected chi connectivity index (χ2v) is 3.27. The van der Waals surface area contributed by atoms with Gasteiger partial charge in [0.2, 0.25) is 5.78 Å². The molecule has 0 aliphatic heterocycles. The van der Waals surface area contributed by atoms with Crippen LogP contribution in [0.3, 0.4) is 0 Å². The van der Waals surface area contributed by atoms with E-state index in [9.17, 15) is 4.79 Å². The Hall–Kier alpha value is -1.09. The number of carbonyl (C=O) groups excluding carboxylic acids is 1. The Morgan fingerprint density at radius 1 is 1.50 bits per heavy atom. The van der Waals surface area contributed by atoms with Gasteiger partial charge in [-0.2, -0.15) is 0 Å². The first kappa shape index (κ1) is 11.0. The molecular weight excluding hydrogens is 178 g/mol. The van der Waals surface area contributed by atoms with Crippen LogP contribution in [-0.2, 0) is 0 Å². The molecule has 14 heavy (non-hydrogen) atoms. The molecule has 0 amide bonds. The molecule has 0 aliphatic rings. The molecule has 78 valence electrons. The van der Waals surface area contributed by atoms with E-state index in [1.165, 1.54) is 6.26 Å². The first-order valence-electron chi connectivity index (χ1n) is 5.07. The highest BCUT2D eigenvalue weighted by Crippen LogP contribution is 2.03. The van der Waals surface area contributed by atoms with E-state index in [0.29, 0.717) is 12.3 Å². The van der Waals surface area contributed by atoms with Crippen LogP contribution in [-0.4, -0.2) is 30.3 Å². The second-order valence-electron chi connectivity index (χ2n) is 3.27. The third-order valence-electron chi connectivity index (χ3n) is 2.15. The highest BCUT2D eigenvalue weighted by atomic mass is 16.3. The van der Waals surface area contributed by atoms with Crippen molar-refractivity contribution in [2.24, 2.45) is 0 Å². The number of rotatable bonds is 6. The van der Waals surface area contributed by atoms with Crippen LogP contribution in [0.1, 0.15) is 30.8 Å². The summed E-state index contributed by atoms with van der Waals surface area (Å²) in [7, 11) is 0. The van der Waals surface area contributed by atoms with Crippen LogP contribution < -0.4 is 0 Å². The number of likely N-dealkylation sites (N-methyl/N-ethyl adjacent to an activating group) is 1. The molecule has 1 aromatic rings. The summed E-state index contributed by atoms with van der Waals surface area (Å²) in [6.45, 7) is 6.49. The highest BCUT2D eigenvalue weighted by molar-refractivity contribution is 5.94. The van der Waals surface area contributed by atoms with E-state index in [1.54, 1.807) is 12.1 Å². The topological polar surface area (TPSA) is 33.5 Å². The van der Waals surface area contributed by atoms with Gasteiger partial charge in [0.25, 0.3) is 0 Å². The SMILES string of the molecule is CCCN(CC)CC(=O)c1ccco1. The molecule has 0 unspecified atom stereocenters. The summed E-state index contributed by atoms with van der Waals surface area (Å²) >= 11 is 0. The quantitative estimate of drug-likeness (QED) is 0.652. The van der Waals surface area contributed by atoms with Gasteiger partial charge in [0, 0.05) is 0 Å². The molecular formula is C11H17NO2. The molecule has 0 fully saturated rings. The van der Waals surface area contributed by atoms with Crippen molar-refractivity contribution in [3.63, 3.8) is 0 Å². The van der Waals surface area contributed by atoms with E-state index in [4.69, 9.17) is 4.42 Å². The van der Waals surface area contributed by atoms with Crippen LogP contribution in [0.2, 0.25) is 0 Å². The lowest BCUT2D eigenvalue weighted by Gasteiger charge is -2.17. The standard InChI is InChI=1S/C11H17NO2/c1-3-7-12(4-2)9-10(13)11-6-5-8-14-11/h5-6,8H,3-4,7,9H2,1-2H3. The van der Waals surface area contributed by atoms with Crippen molar-refractivity contribution in [3.8, 4) is 0 Å². The maximum absolute atomic E-state index is 11.6. The maximum Gasteiger partial charge on any atom is 0.211 e. The molecule has 0 radical (unpaired) electrons. The first-order chi connectivity index (χ1) is 6.77. The van der Waals surface area contributed by atoms with E-state index < -0.39 is 0 Å². The number of nitrogens with zero attached hydrogens (tertiary/aromatic N) is 1. The largest absolute Gasteiger partial charge is 0.461 e. The summed E-state index contributed by atoms with van der Waals surface area (Å²) in [6, 6.07) is 3.45. The summed E-state index contributed by atoms with van der Waals surface area (Å²) in [4.78, 5) is 13.7. The van der Waals surface area contributed by atoms with E-state index in [0.717, 1.165) is 19.5 Å². The van der Waals surface area contributed by atoms with Gasteiger partial charge in [-0.3, -0.25) is 9.69 Å². The minimum atomic E-state index is 0.0605. The number of hydrogen-bond donors (Lipinski definition) is 0. The van der Waals surface area contributed by atoms with Crippen molar-refractivity contribution in [1.82, 2.24) is 4.90 Å². The van der Waals surface area contributed by atoms with Crippen molar-refractivity contribution in [3.05, 3.63) is 24.2 Å². The summed E-state index contributed by atoms with van der Waals surface area (Å²) in [5, 5.41) is 0. The molecule has 0 spiro atoms. The van der Waals surface area contributed by atoms with Crippen molar-refractivity contribution in [2.75, 3.05) is 19.6 Å². The third kappa shape index (κ3) is 3.00. The predicted molar refractivity (Wildman–Crippen MR) is 55.4 cm³/mol. The molecule has 0 bridgehead atoms. The molecule has 0 aromatic carbocycles. The van der Waals surface area contributed by atoms with Crippen molar-refractivity contribution in [1.29, 1.82) is 0 Å². The fraction of sp³-hybridized carbons (Fsp3) is 0.545. The third-order valence-corrected chi connectivity index (χ3v) is 2.15. The van der Waals surface area contributed by atoms with Gasteiger partial charge in [-0.25, -0.2) is 0 Å². The fourth-order valence-electron chi connectivity index (χ4n) is 1.38.